The summed E-state index contributed by atoms with van der Waals surface area (Å²) in [5, 5.41) is 9.46. The topological polar surface area (TPSA) is 74.8 Å². The molecule has 1 amide bonds. The fourth-order valence-corrected chi connectivity index (χ4v) is 2.91. The highest BCUT2D eigenvalue weighted by molar-refractivity contribution is 5.90. The van der Waals surface area contributed by atoms with Crippen LogP contribution in [0, 0.1) is 0 Å². The molecule has 150 valence electrons. The molecule has 0 radical (unpaired) electrons. The number of aryl methyl sites for hydroxylation is 1. The van der Waals surface area contributed by atoms with E-state index in [1.165, 1.54) is 18.1 Å². The van der Waals surface area contributed by atoms with Crippen LogP contribution < -0.4 is 20.7 Å². The van der Waals surface area contributed by atoms with E-state index in [9.17, 15) is 4.79 Å². The van der Waals surface area contributed by atoms with E-state index in [2.05, 4.69) is 52.1 Å². The van der Waals surface area contributed by atoms with E-state index in [1.807, 2.05) is 25.1 Å². The maximum Gasteiger partial charge on any atom is 0.221 e. The average Bonchev–Trinajstić information content (AvgIpc) is 2.70. The van der Waals surface area contributed by atoms with Crippen LogP contribution in [0.25, 0.3) is 0 Å². The maximum atomic E-state index is 11.4. The largest absolute Gasteiger partial charge is 0.495 e. The normalized spacial score (nSPS) is 11.1. The van der Waals surface area contributed by atoms with Crippen LogP contribution in [0.4, 0.5) is 5.69 Å². The molecule has 0 aliphatic rings. The number of hydrogen-bond acceptors (Lipinski definition) is 3. The van der Waals surface area contributed by atoms with Gasteiger partial charge in [-0.3, -0.25) is 4.79 Å². The summed E-state index contributed by atoms with van der Waals surface area (Å²) in [6, 6.07) is 14.1. The van der Waals surface area contributed by atoms with E-state index in [0.29, 0.717) is 18.0 Å². The van der Waals surface area contributed by atoms with Crippen molar-refractivity contribution >= 4 is 17.6 Å². The minimum Gasteiger partial charge on any atom is -0.495 e. The first-order valence-electron chi connectivity index (χ1n) is 9.60. The Morgan fingerprint density at radius 2 is 1.82 bits per heavy atom. The second kappa shape index (κ2) is 11.0. The van der Waals surface area contributed by atoms with Crippen LogP contribution in [-0.2, 0) is 24.3 Å². The Morgan fingerprint density at radius 3 is 2.46 bits per heavy atom. The Bertz CT molecular complexity index is 818. The predicted molar refractivity (Wildman–Crippen MR) is 115 cm³/mol. The number of anilines is 1. The molecule has 0 fully saturated rings. The lowest BCUT2D eigenvalue weighted by molar-refractivity contribution is -0.114. The van der Waals surface area contributed by atoms with Crippen molar-refractivity contribution in [2.24, 2.45) is 4.99 Å². The number of hydrogen-bond donors (Lipinski definition) is 3. The zero-order valence-electron chi connectivity index (χ0n) is 17.1. The molecule has 28 heavy (non-hydrogen) atoms. The number of aliphatic imine (C=N–C) groups is 1. The van der Waals surface area contributed by atoms with Crippen molar-refractivity contribution in [1.82, 2.24) is 10.6 Å². The summed E-state index contributed by atoms with van der Waals surface area (Å²) < 4.78 is 5.30. The van der Waals surface area contributed by atoms with E-state index in [4.69, 9.17) is 4.74 Å². The highest BCUT2D eigenvalue weighted by Crippen LogP contribution is 2.25. The van der Waals surface area contributed by atoms with Crippen molar-refractivity contribution in [2.45, 2.75) is 40.3 Å². The monoisotopic (exact) mass is 382 g/mol. The molecule has 0 spiro atoms. The van der Waals surface area contributed by atoms with E-state index >= 15 is 0 Å². The van der Waals surface area contributed by atoms with Gasteiger partial charge < -0.3 is 20.7 Å². The molecule has 0 aliphatic carbocycles. The number of guanidine groups is 1. The molecule has 0 saturated heterocycles. The van der Waals surface area contributed by atoms with Crippen LogP contribution in [0.3, 0.4) is 0 Å². The van der Waals surface area contributed by atoms with Gasteiger partial charge in [0, 0.05) is 20.0 Å². The number of rotatable bonds is 8. The van der Waals surface area contributed by atoms with Crippen molar-refractivity contribution in [3.05, 3.63) is 59.2 Å². The molecule has 0 aliphatic heterocycles. The van der Waals surface area contributed by atoms with Gasteiger partial charge in [0.15, 0.2) is 5.96 Å². The lowest BCUT2D eigenvalue weighted by Gasteiger charge is -2.14. The quantitative estimate of drug-likeness (QED) is 0.483. The zero-order chi connectivity index (χ0) is 20.4. The van der Waals surface area contributed by atoms with Gasteiger partial charge in [-0.25, -0.2) is 4.99 Å². The molecule has 6 nitrogen and oxygen atoms in total. The van der Waals surface area contributed by atoms with Crippen LogP contribution in [0.1, 0.15) is 37.5 Å². The smallest absolute Gasteiger partial charge is 0.221 e. The van der Waals surface area contributed by atoms with Gasteiger partial charge in [-0.1, -0.05) is 37.3 Å². The summed E-state index contributed by atoms with van der Waals surface area (Å²) in [6.07, 6.45) is 1.00. The number of benzene rings is 2. The fourth-order valence-electron chi connectivity index (χ4n) is 2.91. The average molecular weight is 383 g/mol. The van der Waals surface area contributed by atoms with E-state index < -0.39 is 0 Å². The van der Waals surface area contributed by atoms with Gasteiger partial charge in [-0.15, -0.1) is 0 Å². The molecule has 0 saturated carbocycles. The molecule has 2 rings (SSSR count). The van der Waals surface area contributed by atoms with Gasteiger partial charge >= 0.3 is 0 Å². The zero-order valence-corrected chi connectivity index (χ0v) is 17.1. The Balaban J connectivity index is 2.10. The summed E-state index contributed by atoms with van der Waals surface area (Å²) in [5.74, 6) is 1.25. The number of amides is 1. The molecular weight excluding hydrogens is 352 g/mol. The first-order chi connectivity index (χ1) is 13.6. The number of nitrogens with one attached hydrogen (secondary N) is 3. The summed E-state index contributed by atoms with van der Waals surface area (Å²) in [4.78, 5) is 16.1. The van der Waals surface area contributed by atoms with E-state index in [-0.39, 0.29) is 5.91 Å². The summed E-state index contributed by atoms with van der Waals surface area (Å²) in [7, 11) is 1.58. The lowest BCUT2D eigenvalue weighted by atomic mass is 10.1. The second-order valence-corrected chi connectivity index (χ2v) is 6.39. The molecule has 0 atom stereocenters. The number of carbonyl (C=O) groups excluding carboxylic acids is 1. The Labute approximate surface area is 167 Å². The van der Waals surface area contributed by atoms with Crippen molar-refractivity contribution in [3.8, 4) is 5.75 Å². The van der Waals surface area contributed by atoms with Crippen LogP contribution in [-0.4, -0.2) is 25.5 Å². The third-order valence-corrected chi connectivity index (χ3v) is 4.28. The number of carbonyl (C=O) groups is 1. The van der Waals surface area contributed by atoms with Gasteiger partial charge in [-0.2, -0.15) is 0 Å². The van der Waals surface area contributed by atoms with Crippen LogP contribution >= 0.6 is 0 Å². The van der Waals surface area contributed by atoms with Gasteiger partial charge in [-0.05, 0) is 42.2 Å². The van der Waals surface area contributed by atoms with Crippen molar-refractivity contribution < 1.29 is 9.53 Å². The highest BCUT2D eigenvalue weighted by Gasteiger charge is 2.07. The fraction of sp³-hybridized carbons (Fsp3) is 0.364. The lowest BCUT2D eigenvalue weighted by Crippen LogP contribution is -2.37. The Hall–Kier alpha value is -3.02. The molecule has 0 aromatic heterocycles. The molecule has 3 N–H and O–H groups in total. The third kappa shape index (κ3) is 6.30. The maximum absolute atomic E-state index is 11.4. The Kier molecular flexibility index (Phi) is 8.34. The molecular formula is C22H30N4O2. The molecule has 0 heterocycles. The molecule has 2 aromatic carbocycles. The SMILES string of the molecule is CCNC(=NCc1ccc(OC)c(NC(C)=O)c1)NCc1ccccc1CC. The minimum absolute atomic E-state index is 0.136. The number of ether oxygens (including phenoxy) is 1. The van der Waals surface area contributed by atoms with Crippen LogP contribution in [0.2, 0.25) is 0 Å². The standard InChI is InChI=1S/C22H30N4O2/c1-5-18-9-7-8-10-19(18)15-25-22(23-6-2)24-14-17-11-12-21(28-4)20(13-17)26-16(3)27/h7-13H,5-6,14-15H2,1-4H3,(H,26,27)(H2,23,24,25). The summed E-state index contributed by atoms with van der Waals surface area (Å²) in [6.45, 7) is 7.66. The van der Waals surface area contributed by atoms with Crippen molar-refractivity contribution in [2.75, 3.05) is 19.0 Å². The van der Waals surface area contributed by atoms with Crippen LogP contribution in [0.5, 0.6) is 5.75 Å². The molecule has 0 bridgehead atoms. The van der Waals surface area contributed by atoms with Gasteiger partial charge in [0.1, 0.15) is 5.75 Å². The van der Waals surface area contributed by atoms with E-state index in [0.717, 1.165) is 31.0 Å². The molecule has 2 aromatic rings. The van der Waals surface area contributed by atoms with Crippen molar-refractivity contribution in [3.63, 3.8) is 0 Å². The molecule has 6 heteroatoms. The number of methoxy groups -OCH3 is 1. The Morgan fingerprint density at radius 1 is 1.07 bits per heavy atom. The van der Waals surface area contributed by atoms with E-state index in [1.54, 1.807) is 7.11 Å². The first kappa shape index (κ1) is 21.3. The minimum atomic E-state index is -0.136. The second-order valence-electron chi connectivity index (χ2n) is 6.39. The van der Waals surface area contributed by atoms with Gasteiger partial charge in [0.2, 0.25) is 5.91 Å². The highest BCUT2D eigenvalue weighted by atomic mass is 16.5. The van der Waals surface area contributed by atoms with Gasteiger partial charge in [0.25, 0.3) is 0 Å². The summed E-state index contributed by atoms with van der Waals surface area (Å²) >= 11 is 0. The first-order valence-corrected chi connectivity index (χ1v) is 9.60. The summed E-state index contributed by atoms with van der Waals surface area (Å²) in [5.41, 5.74) is 4.24. The van der Waals surface area contributed by atoms with Gasteiger partial charge in [0.05, 0.1) is 19.3 Å². The third-order valence-electron chi connectivity index (χ3n) is 4.28. The molecule has 0 unspecified atom stereocenters. The van der Waals surface area contributed by atoms with Crippen molar-refractivity contribution in [1.29, 1.82) is 0 Å². The van der Waals surface area contributed by atoms with Crippen LogP contribution in [0.15, 0.2) is 47.5 Å². The number of nitrogens with zero attached hydrogens (tertiary/aromatic N) is 1. The predicted octanol–water partition coefficient (Wildman–Crippen LogP) is 3.47.